The SMILES string of the molecule is CC(C)(C)C1(C)CCCC(=O)C1. The standard InChI is InChI=1S/C11H20O/c1-10(2,3)11(4)7-5-6-9(12)8-11/h5-8H2,1-4H3. The van der Waals surface area contributed by atoms with Gasteiger partial charge in [0.25, 0.3) is 0 Å². The first-order valence-electron chi connectivity index (χ1n) is 4.87. The Bertz CT molecular complexity index is 188. The maximum Gasteiger partial charge on any atom is 0.133 e. The Morgan fingerprint density at radius 1 is 1.33 bits per heavy atom. The van der Waals surface area contributed by atoms with Crippen LogP contribution in [0.1, 0.15) is 53.4 Å². The molecule has 1 aliphatic carbocycles. The lowest BCUT2D eigenvalue weighted by atomic mass is 9.60. The van der Waals surface area contributed by atoms with Gasteiger partial charge in [-0.15, -0.1) is 0 Å². The van der Waals surface area contributed by atoms with Gasteiger partial charge in [0.05, 0.1) is 0 Å². The second-order valence-corrected chi connectivity index (χ2v) is 5.38. The second kappa shape index (κ2) is 2.86. The zero-order valence-corrected chi connectivity index (χ0v) is 8.74. The minimum atomic E-state index is 0.238. The Balaban J connectivity index is 2.77. The molecule has 12 heavy (non-hydrogen) atoms. The minimum absolute atomic E-state index is 0.238. The summed E-state index contributed by atoms with van der Waals surface area (Å²) in [7, 11) is 0. The van der Waals surface area contributed by atoms with Crippen LogP contribution >= 0.6 is 0 Å². The highest BCUT2D eigenvalue weighted by atomic mass is 16.1. The van der Waals surface area contributed by atoms with E-state index in [-0.39, 0.29) is 10.8 Å². The van der Waals surface area contributed by atoms with Crippen molar-refractivity contribution in [1.82, 2.24) is 0 Å². The fourth-order valence-corrected chi connectivity index (χ4v) is 1.93. The zero-order valence-electron chi connectivity index (χ0n) is 8.74. The van der Waals surface area contributed by atoms with E-state index < -0.39 is 0 Å². The first-order valence-corrected chi connectivity index (χ1v) is 4.87. The molecule has 0 heterocycles. The average molecular weight is 168 g/mol. The Labute approximate surface area is 75.5 Å². The van der Waals surface area contributed by atoms with Crippen molar-refractivity contribution < 1.29 is 4.79 Å². The van der Waals surface area contributed by atoms with Crippen molar-refractivity contribution in [1.29, 1.82) is 0 Å². The van der Waals surface area contributed by atoms with Crippen LogP contribution in [-0.4, -0.2) is 5.78 Å². The van der Waals surface area contributed by atoms with Gasteiger partial charge in [0.1, 0.15) is 5.78 Å². The predicted octanol–water partition coefficient (Wildman–Crippen LogP) is 3.18. The third-order valence-corrected chi connectivity index (χ3v) is 3.58. The summed E-state index contributed by atoms with van der Waals surface area (Å²) in [5, 5.41) is 0. The lowest BCUT2D eigenvalue weighted by molar-refractivity contribution is -0.126. The van der Waals surface area contributed by atoms with E-state index in [9.17, 15) is 4.79 Å². The monoisotopic (exact) mass is 168 g/mol. The Kier molecular flexibility index (Phi) is 2.33. The van der Waals surface area contributed by atoms with E-state index in [1.807, 2.05) is 0 Å². The van der Waals surface area contributed by atoms with E-state index >= 15 is 0 Å². The van der Waals surface area contributed by atoms with Gasteiger partial charge in [0.15, 0.2) is 0 Å². The molecule has 0 radical (unpaired) electrons. The van der Waals surface area contributed by atoms with Gasteiger partial charge < -0.3 is 0 Å². The molecule has 1 fully saturated rings. The first-order chi connectivity index (χ1) is 5.35. The van der Waals surface area contributed by atoms with Gasteiger partial charge in [-0.25, -0.2) is 0 Å². The fraction of sp³-hybridized carbons (Fsp3) is 0.909. The molecule has 1 nitrogen and oxygen atoms in total. The summed E-state index contributed by atoms with van der Waals surface area (Å²) in [5.74, 6) is 0.457. The number of ketones is 1. The molecule has 0 aromatic heterocycles. The van der Waals surface area contributed by atoms with Crippen LogP contribution in [0.4, 0.5) is 0 Å². The van der Waals surface area contributed by atoms with Crippen LogP contribution in [0, 0.1) is 10.8 Å². The molecule has 0 aromatic rings. The third-order valence-electron chi connectivity index (χ3n) is 3.58. The molecule has 1 saturated carbocycles. The van der Waals surface area contributed by atoms with Crippen molar-refractivity contribution >= 4 is 5.78 Å². The molecule has 1 heteroatoms. The highest BCUT2D eigenvalue weighted by Crippen LogP contribution is 2.47. The number of rotatable bonds is 0. The highest BCUT2D eigenvalue weighted by molar-refractivity contribution is 5.79. The van der Waals surface area contributed by atoms with Crippen LogP contribution in [0.3, 0.4) is 0 Å². The van der Waals surface area contributed by atoms with Gasteiger partial charge in [0.2, 0.25) is 0 Å². The summed E-state index contributed by atoms with van der Waals surface area (Å²) in [5.41, 5.74) is 0.505. The van der Waals surface area contributed by atoms with Gasteiger partial charge >= 0.3 is 0 Å². The summed E-state index contributed by atoms with van der Waals surface area (Å²) in [6.07, 6.45) is 3.90. The normalized spacial score (nSPS) is 32.2. The third kappa shape index (κ3) is 1.70. The summed E-state index contributed by atoms with van der Waals surface area (Å²) in [6, 6.07) is 0. The molecule has 0 aliphatic heterocycles. The van der Waals surface area contributed by atoms with E-state index in [1.165, 1.54) is 6.42 Å². The quantitative estimate of drug-likeness (QED) is 0.543. The van der Waals surface area contributed by atoms with Crippen molar-refractivity contribution in [3.8, 4) is 0 Å². The van der Waals surface area contributed by atoms with E-state index in [0.717, 1.165) is 19.3 Å². The molecule has 0 aromatic carbocycles. The summed E-state index contributed by atoms with van der Waals surface area (Å²) in [6.45, 7) is 8.98. The van der Waals surface area contributed by atoms with E-state index in [2.05, 4.69) is 27.7 Å². The first kappa shape index (κ1) is 9.76. The van der Waals surface area contributed by atoms with Gasteiger partial charge in [-0.2, -0.15) is 0 Å². The largest absolute Gasteiger partial charge is 0.300 e. The Morgan fingerprint density at radius 3 is 2.25 bits per heavy atom. The van der Waals surface area contributed by atoms with Crippen molar-refractivity contribution in [2.45, 2.75) is 53.4 Å². The summed E-state index contributed by atoms with van der Waals surface area (Å²) in [4.78, 5) is 11.3. The topological polar surface area (TPSA) is 17.1 Å². The van der Waals surface area contributed by atoms with E-state index in [1.54, 1.807) is 0 Å². The molecule has 0 N–H and O–H groups in total. The Hall–Kier alpha value is -0.330. The number of hydrogen-bond acceptors (Lipinski definition) is 1. The number of hydrogen-bond donors (Lipinski definition) is 0. The average Bonchev–Trinajstić information content (AvgIpc) is 1.83. The molecular formula is C11H20O. The van der Waals surface area contributed by atoms with Crippen LogP contribution in [0.15, 0.2) is 0 Å². The van der Waals surface area contributed by atoms with Crippen molar-refractivity contribution in [2.24, 2.45) is 10.8 Å². The molecule has 1 atom stereocenters. The molecule has 0 spiro atoms. The minimum Gasteiger partial charge on any atom is -0.300 e. The van der Waals surface area contributed by atoms with Crippen LogP contribution < -0.4 is 0 Å². The zero-order chi connectivity index (χ0) is 9.41. The maximum atomic E-state index is 11.3. The van der Waals surface area contributed by atoms with Crippen LogP contribution in [0.25, 0.3) is 0 Å². The van der Waals surface area contributed by atoms with Crippen LogP contribution in [0.5, 0.6) is 0 Å². The Morgan fingerprint density at radius 2 is 1.92 bits per heavy atom. The lowest BCUT2D eigenvalue weighted by Gasteiger charge is -2.44. The molecule has 70 valence electrons. The van der Waals surface area contributed by atoms with Crippen molar-refractivity contribution in [3.63, 3.8) is 0 Å². The molecule has 0 amide bonds. The van der Waals surface area contributed by atoms with Gasteiger partial charge in [0, 0.05) is 12.8 Å². The van der Waals surface area contributed by atoms with E-state index in [4.69, 9.17) is 0 Å². The molecule has 0 saturated heterocycles. The summed E-state index contributed by atoms with van der Waals surface area (Å²) < 4.78 is 0. The number of carbonyl (C=O) groups is 1. The van der Waals surface area contributed by atoms with Crippen LogP contribution in [-0.2, 0) is 4.79 Å². The molecular weight excluding hydrogens is 148 g/mol. The number of carbonyl (C=O) groups excluding carboxylic acids is 1. The molecule has 1 aliphatic rings. The van der Waals surface area contributed by atoms with Gasteiger partial charge in [-0.3, -0.25) is 4.79 Å². The van der Waals surface area contributed by atoms with Gasteiger partial charge in [-0.05, 0) is 23.7 Å². The molecule has 1 unspecified atom stereocenters. The fourth-order valence-electron chi connectivity index (χ4n) is 1.93. The smallest absolute Gasteiger partial charge is 0.133 e. The lowest BCUT2D eigenvalue weighted by Crippen LogP contribution is -2.37. The maximum absolute atomic E-state index is 11.3. The second-order valence-electron chi connectivity index (χ2n) is 5.38. The summed E-state index contributed by atoms with van der Waals surface area (Å²) >= 11 is 0. The molecule has 1 rings (SSSR count). The van der Waals surface area contributed by atoms with E-state index in [0.29, 0.717) is 5.78 Å². The highest BCUT2D eigenvalue weighted by Gasteiger charge is 2.40. The van der Waals surface area contributed by atoms with Crippen LogP contribution in [0.2, 0.25) is 0 Å². The van der Waals surface area contributed by atoms with Gasteiger partial charge in [-0.1, -0.05) is 27.7 Å². The predicted molar refractivity (Wildman–Crippen MR) is 51.0 cm³/mol. The van der Waals surface area contributed by atoms with Crippen molar-refractivity contribution in [2.75, 3.05) is 0 Å². The molecule has 0 bridgehead atoms. The van der Waals surface area contributed by atoms with Crippen molar-refractivity contribution in [3.05, 3.63) is 0 Å². The number of Topliss-reactive ketones (excluding diaryl/α,β-unsaturated/α-hetero) is 1.